The number of hydrogen-bond acceptors (Lipinski definition) is 3. The van der Waals surface area contributed by atoms with Gasteiger partial charge in [-0.1, -0.05) is 25.1 Å². The van der Waals surface area contributed by atoms with Gasteiger partial charge in [-0.25, -0.2) is 12.8 Å². The first-order chi connectivity index (χ1) is 7.55. The number of halogens is 1. The molecule has 1 N–H and O–H groups in total. The third-order valence-corrected chi connectivity index (χ3v) is 4.01. The molecular weight excluding hydrogens is 229 g/mol. The molecule has 0 amide bonds. The lowest BCUT2D eigenvalue weighted by Gasteiger charge is -2.05. The molecule has 0 aliphatic rings. The van der Waals surface area contributed by atoms with Gasteiger partial charge >= 0.3 is 0 Å². The summed E-state index contributed by atoms with van der Waals surface area (Å²) in [6, 6.07) is 6.44. The lowest BCUT2D eigenvalue weighted by Crippen LogP contribution is -2.23. The highest BCUT2D eigenvalue weighted by Gasteiger charge is 2.06. The first-order valence-electron chi connectivity index (χ1n) is 5.19. The highest BCUT2D eigenvalue weighted by Crippen LogP contribution is 2.05. The third-order valence-electron chi connectivity index (χ3n) is 2.30. The predicted molar refractivity (Wildman–Crippen MR) is 62.4 cm³/mol. The van der Waals surface area contributed by atoms with Crippen LogP contribution in [0.1, 0.15) is 12.5 Å². The van der Waals surface area contributed by atoms with E-state index in [4.69, 9.17) is 0 Å². The number of rotatable bonds is 6. The smallest absolute Gasteiger partial charge is 0.151 e. The summed E-state index contributed by atoms with van der Waals surface area (Å²) in [5.41, 5.74) is 0.552. The number of nitrogens with one attached hydrogen (secondary N) is 1. The topological polar surface area (TPSA) is 46.2 Å². The van der Waals surface area contributed by atoms with E-state index in [9.17, 15) is 12.8 Å². The van der Waals surface area contributed by atoms with E-state index in [1.54, 1.807) is 25.1 Å². The third kappa shape index (κ3) is 4.28. The average molecular weight is 245 g/mol. The van der Waals surface area contributed by atoms with Gasteiger partial charge in [-0.2, -0.15) is 0 Å². The van der Waals surface area contributed by atoms with E-state index in [1.165, 1.54) is 6.07 Å². The Bertz CT molecular complexity index is 431. The fraction of sp³-hybridized carbons (Fsp3) is 0.455. The van der Waals surface area contributed by atoms with Crippen molar-refractivity contribution in [3.63, 3.8) is 0 Å². The maximum Gasteiger partial charge on any atom is 0.151 e. The number of sulfone groups is 1. The average Bonchev–Trinajstić information content (AvgIpc) is 2.27. The molecule has 0 aromatic heterocycles. The highest BCUT2D eigenvalue weighted by atomic mass is 32.2. The van der Waals surface area contributed by atoms with Crippen LogP contribution in [-0.2, 0) is 16.4 Å². The Labute approximate surface area is 95.6 Å². The lowest BCUT2D eigenvalue weighted by atomic mass is 10.2. The first-order valence-corrected chi connectivity index (χ1v) is 7.02. The van der Waals surface area contributed by atoms with Crippen molar-refractivity contribution >= 4 is 9.84 Å². The molecule has 16 heavy (non-hydrogen) atoms. The van der Waals surface area contributed by atoms with Crippen LogP contribution in [0.5, 0.6) is 0 Å². The minimum atomic E-state index is -2.94. The van der Waals surface area contributed by atoms with Crippen LogP contribution in [0.15, 0.2) is 24.3 Å². The Morgan fingerprint density at radius 2 is 2.00 bits per heavy atom. The molecule has 5 heteroatoms. The normalized spacial score (nSPS) is 11.6. The monoisotopic (exact) mass is 245 g/mol. The molecule has 0 unspecified atom stereocenters. The first kappa shape index (κ1) is 13.1. The van der Waals surface area contributed by atoms with Crippen LogP contribution in [0.3, 0.4) is 0 Å². The van der Waals surface area contributed by atoms with Crippen LogP contribution in [0.4, 0.5) is 4.39 Å². The Hall–Kier alpha value is -0.940. The molecule has 0 spiro atoms. The largest absolute Gasteiger partial charge is 0.312 e. The second-order valence-corrected chi connectivity index (χ2v) is 5.98. The molecule has 0 bridgehead atoms. The molecule has 0 heterocycles. The number of benzene rings is 1. The van der Waals surface area contributed by atoms with E-state index in [0.29, 0.717) is 18.7 Å². The van der Waals surface area contributed by atoms with Crippen molar-refractivity contribution in [3.8, 4) is 0 Å². The molecule has 0 atom stereocenters. The summed E-state index contributed by atoms with van der Waals surface area (Å²) in [5, 5.41) is 2.91. The maximum atomic E-state index is 13.2. The Morgan fingerprint density at radius 3 is 2.62 bits per heavy atom. The van der Waals surface area contributed by atoms with Crippen molar-refractivity contribution in [2.24, 2.45) is 0 Å². The van der Waals surface area contributed by atoms with Crippen molar-refractivity contribution < 1.29 is 12.8 Å². The molecule has 0 aliphatic carbocycles. The second-order valence-electron chi connectivity index (χ2n) is 3.50. The zero-order valence-corrected chi connectivity index (χ0v) is 10.1. The van der Waals surface area contributed by atoms with Gasteiger partial charge < -0.3 is 5.32 Å². The molecule has 1 rings (SSSR count). The number of hydrogen-bond donors (Lipinski definition) is 1. The highest BCUT2D eigenvalue weighted by molar-refractivity contribution is 7.91. The molecule has 3 nitrogen and oxygen atoms in total. The van der Waals surface area contributed by atoms with Gasteiger partial charge in [0.05, 0.1) is 5.75 Å². The van der Waals surface area contributed by atoms with E-state index in [0.717, 1.165) is 0 Å². The quantitative estimate of drug-likeness (QED) is 0.770. The molecule has 90 valence electrons. The second kappa shape index (κ2) is 5.96. The van der Waals surface area contributed by atoms with Crippen molar-refractivity contribution in [2.45, 2.75) is 13.5 Å². The van der Waals surface area contributed by atoms with E-state index in [1.807, 2.05) is 0 Å². The van der Waals surface area contributed by atoms with Gasteiger partial charge in [0.1, 0.15) is 5.82 Å². The minimum Gasteiger partial charge on any atom is -0.312 e. The van der Waals surface area contributed by atoms with Crippen molar-refractivity contribution in [1.29, 1.82) is 0 Å². The van der Waals surface area contributed by atoms with Crippen molar-refractivity contribution in [2.75, 3.05) is 18.1 Å². The molecule has 0 aliphatic heterocycles. The molecule has 0 fully saturated rings. The van der Waals surface area contributed by atoms with Gasteiger partial charge in [-0.3, -0.25) is 0 Å². The summed E-state index contributed by atoms with van der Waals surface area (Å²) >= 11 is 0. The van der Waals surface area contributed by atoms with Gasteiger partial charge in [0.2, 0.25) is 0 Å². The minimum absolute atomic E-state index is 0.0952. The Morgan fingerprint density at radius 1 is 1.31 bits per heavy atom. The van der Waals surface area contributed by atoms with Gasteiger partial charge in [0.25, 0.3) is 0 Å². The van der Waals surface area contributed by atoms with Crippen molar-refractivity contribution in [1.82, 2.24) is 5.32 Å². The molecule has 0 radical (unpaired) electrons. The SMILES string of the molecule is CCS(=O)(=O)CCNCc1ccccc1F. The Kier molecular flexibility index (Phi) is 4.89. The van der Waals surface area contributed by atoms with Gasteiger partial charge in [0, 0.05) is 24.4 Å². The van der Waals surface area contributed by atoms with Crippen LogP contribution in [-0.4, -0.2) is 26.5 Å². The van der Waals surface area contributed by atoms with E-state index in [-0.39, 0.29) is 17.3 Å². The summed E-state index contributed by atoms with van der Waals surface area (Å²) < 4.78 is 35.5. The maximum absolute atomic E-state index is 13.2. The fourth-order valence-electron chi connectivity index (χ4n) is 1.24. The lowest BCUT2D eigenvalue weighted by molar-refractivity contribution is 0.583. The van der Waals surface area contributed by atoms with Gasteiger partial charge in [-0.15, -0.1) is 0 Å². The molecule has 0 saturated carbocycles. The van der Waals surface area contributed by atoms with E-state index >= 15 is 0 Å². The molecule has 0 saturated heterocycles. The molecule has 1 aromatic carbocycles. The van der Waals surface area contributed by atoms with E-state index < -0.39 is 9.84 Å². The summed E-state index contributed by atoms with van der Waals surface area (Å²) in [4.78, 5) is 0. The van der Waals surface area contributed by atoms with Gasteiger partial charge in [0.15, 0.2) is 9.84 Å². The van der Waals surface area contributed by atoms with Crippen LogP contribution in [0.25, 0.3) is 0 Å². The summed E-state index contributed by atoms with van der Waals surface area (Å²) in [5.74, 6) is -0.0277. The zero-order valence-electron chi connectivity index (χ0n) is 9.24. The molecule has 1 aromatic rings. The molecular formula is C11H16FNO2S. The van der Waals surface area contributed by atoms with Crippen LogP contribution in [0.2, 0.25) is 0 Å². The standard InChI is InChI=1S/C11H16FNO2S/c1-2-16(14,15)8-7-13-9-10-5-3-4-6-11(10)12/h3-6,13H,2,7-9H2,1H3. The zero-order chi connectivity index (χ0) is 12.0. The van der Waals surface area contributed by atoms with Crippen LogP contribution < -0.4 is 5.32 Å². The summed E-state index contributed by atoms with van der Waals surface area (Å²) in [6.07, 6.45) is 0. The Balaban J connectivity index is 2.35. The summed E-state index contributed by atoms with van der Waals surface area (Å²) in [6.45, 7) is 2.32. The predicted octanol–water partition coefficient (Wildman–Crippen LogP) is 1.35. The van der Waals surface area contributed by atoms with Crippen LogP contribution in [0, 0.1) is 5.82 Å². The van der Waals surface area contributed by atoms with Gasteiger partial charge in [-0.05, 0) is 6.07 Å². The summed E-state index contributed by atoms with van der Waals surface area (Å²) in [7, 11) is -2.94. The van der Waals surface area contributed by atoms with E-state index in [2.05, 4.69) is 5.32 Å². The van der Waals surface area contributed by atoms with Crippen molar-refractivity contribution in [3.05, 3.63) is 35.6 Å². The van der Waals surface area contributed by atoms with Crippen LogP contribution >= 0.6 is 0 Å². The fourth-order valence-corrected chi connectivity index (χ4v) is 1.98.